The van der Waals surface area contributed by atoms with Gasteiger partial charge >= 0.3 is 5.97 Å². The molecule has 1 saturated carbocycles. The van der Waals surface area contributed by atoms with Crippen LogP contribution in [0.1, 0.15) is 26.2 Å². The molecule has 1 aliphatic rings. The van der Waals surface area contributed by atoms with E-state index in [1.54, 1.807) is 0 Å². The molecule has 0 spiro atoms. The zero-order chi connectivity index (χ0) is 13.0. The van der Waals surface area contributed by atoms with E-state index in [4.69, 9.17) is 4.74 Å². The molecule has 0 bridgehead atoms. The molecule has 0 amide bonds. The molecule has 2 rings (SSSR count). The average Bonchev–Trinajstić information content (AvgIpc) is 3.06. The standard InChI is InChI=1S/C12H18IN3O2/c1-2-18-12(17)11(15-10-3-4-10)5-6-16-8-9(13)7-14-16/h7-8,10-11,15H,2-6H2,1H3. The topological polar surface area (TPSA) is 56.2 Å². The summed E-state index contributed by atoms with van der Waals surface area (Å²) in [6, 6.07) is 0.288. The highest BCUT2D eigenvalue weighted by molar-refractivity contribution is 14.1. The molecule has 5 nitrogen and oxygen atoms in total. The number of esters is 1. The molecule has 0 radical (unpaired) electrons. The molecule has 18 heavy (non-hydrogen) atoms. The van der Waals surface area contributed by atoms with Crippen LogP contribution in [0.5, 0.6) is 0 Å². The summed E-state index contributed by atoms with van der Waals surface area (Å²) in [5.74, 6) is -0.147. The highest BCUT2D eigenvalue weighted by Crippen LogP contribution is 2.20. The third kappa shape index (κ3) is 4.24. The zero-order valence-electron chi connectivity index (χ0n) is 10.4. The quantitative estimate of drug-likeness (QED) is 0.590. The minimum atomic E-state index is -0.209. The van der Waals surface area contributed by atoms with E-state index < -0.39 is 0 Å². The van der Waals surface area contributed by atoms with Crippen LogP contribution in [0.2, 0.25) is 0 Å². The van der Waals surface area contributed by atoms with Crippen LogP contribution in [0.15, 0.2) is 12.4 Å². The van der Waals surface area contributed by atoms with E-state index in [1.807, 2.05) is 24.0 Å². The van der Waals surface area contributed by atoms with Gasteiger partial charge in [-0.1, -0.05) is 0 Å². The van der Waals surface area contributed by atoms with Crippen molar-refractivity contribution in [2.75, 3.05) is 6.61 Å². The summed E-state index contributed by atoms with van der Waals surface area (Å²) in [6.45, 7) is 3.00. The van der Waals surface area contributed by atoms with Crippen molar-refractivity contribution in [3.05, 3.63) is 16.0 Å². The number of hydrogen-bond donors (Lipinski definition) is 1. The Balaban J connectivity index is 1.85. The average molecular weight is 363 g/mol. The Bertz CT molecular complexity index is 404. The summed E-state index contributed by atoms with van der Waals surface area (Å²) in [5, 5.41) is 7.55. The molecule has 1 N–H and O–H groups in total. The van der Waals surface area contributed by atoms with E-state index >= 15 is 0 Å². The minimum Gasteiger partial charge on any atom is -0.465 e. The fraction of sp³-hybridized carbons (Fsp3) is 0.667. The Hall–Kier alpha value is -0.630. The molecule has 1 aromatic rings. The fourth-order valence-corrected chi connectivity index (χ4v) is 2.21. The molecule has 1 unspecified atom stereocenters. The molecule has 1 fully saturated rings. The lowest BCUT2D eigenvalue weighted by Crippen LogP contribution is -2.40. The lowest BCUT2D eigenvalue weighted by atomic mass is 10.2. The van der Waals surface area contributed by atoms with Crippen LogP contribution in [-0.4, -0.2) is 34.4 Å². The van der Waals surface area contributed by atoms with Crippen LogP contribution in [0.3, 0.4) is 0 Å². The summed E-state index contributed by atoms with van der Waals surface area (Å²) < 4.78 is 8.06. The van der Waals surface area contributed by atoms with E-state index in [9.17, 15) is 4.79 Å². The third-order valence-electron chi connectivity index (χ3n) is 2.83. The lowest BCUT2D eigenvalue weighted by Gasteiger charge is -2.16. The Morgan fingerprint density at radius 3 is 3.06 bits per heavy atom. The second-order valence-electron chi connectivity index (χ2n) is 4.46. The van der Waals surface area contributed by atoms with Crippen molar-refractivity contribution < 1.29 is 9.53 Å². The summed E-state index contributed by atoms with van der Waals surface area (Å²) in [7, 11) is 0. The van der Waals surface area contributed by atoms with Crippen LogP contribution >= 0.6 is 22.6 Å². The number of rotatable bonds is 7. The van der Waals surface area contributed by atoms with Gasteiger partial charge in [0.1, 0.15) is 6.04 Å². The van der Waals surface area contributed by atoms with Gasteiger partial charge in [0.15, 0.2) is 0 Å². The van der Waals surface area contributed by atoms with E-state index in [-0.39, 0.29) is 12.0 Å². The predicted molar refractivity (Wildman–Crippen MR) is 76.1 cm³/mol. The first-order valence-electron chi connectivity index (χ1n) is 6.29. The first-order chi connectivity index (χ1) is 8.69. The van der Waals surface area contributed by atoms with Gasteiger partial charge in [-0.15, -0.1) is 0 Å². The Morgan fingerprint density at radius 2 is 2.50 bits per heavy atom. The fourth-order valence-electron chi connectivity index (χ4n) is 1.77. The highest BCUT2D eigenvalue weighted by atomic mass is 127. The molecule has 1 atom stereocenters. The van der Waals surface area contributed by atoms with Crippen LogP contribution in [0, 0.1) is 3.57 Å². The van der Waals surface area contributed by atoms with Crippen molar-refractivity contribution in [2.24, 2.45) is 0 Å². The van der Waals surface area contributed by atoms with Crippen molar-refractivity contribution >= 4 is 28.6 Å². The molecular weight excluding hydrogens is 345 g/mol. The first-order valence-corrected chi connectivity index (χ1v) is 7.37. The molecule has 1 aliphatic carbocycles. The number of carbonyl (C=O) groups excluding carboxylic acids is 1. The molecular formula is C12H18IN3O2. The van der Waals surface area contributed by atoms with Crippen LogP contribution in [0.25, 0.3) is 0 Å². The Labute approximate surface area is 120 Å². The normalized spacial score (nSPS) is 16.6. The van der Waals surface area contributed by atoms with Crippen molar-refractivity contribution in [3.8, 4) is 0 Å². The zero-order valence-corrected chi connectivity index (χ0v) is 12.6. The lowest BCUT2D eigenvalue weighted by molar-refractivity contribution is -0.146. The molecule has 0 aromatic carbocycles. The second-order valence-corrected chi connectivity index (χ2v) is 5.70. The van der Waals surface area contributed by atoms with Crippen molar-refractivity contribution in [1.29, 1.82) is 0 Å². The maximum Gasteiger partial charge on any atom is 0.323 e. The molecule has 0 aliphatic heterocycles. The number of aryl methyl sites for hydroxylation is 1. The second kappa shape index (κ2) is 6.51. The van der Waals surface area contributed by atoms with E-state index in [1.165, 1.54) is 0 Å². The minimum absolute atomic E-state index is 0.147. The number of nitrogens with one attached hydrogen (secondary N) is 1. The highest BCUT2D eigenvalue weighted by Gasteiger charge is 2.28. The monoisotopic (exact) mass is 363 g/mol. The number of hydrogen-bond acceptors (Lipinski definition) is 4. The van der Waals surface area contributed by atoms with Gasteiger partial charge in [-0.05, 0) is 48.8 Å². The van der Waals surface area contributed by atoms with E-state index in [2.05, 4.69) is 33.0 Å². The number of ether oxygens (including phenoxy) is 1. The first kappa shape index (κ1) is 13.8. The smallest absolute Gasteiger partial charge is 0.323 e. The summed E-state index contributed by atoms with van der Waals surface area (Å²) in [6.07, 6.45) is 6.83. The third-order valence-corrected chi connectivity index (χ3v) is 3.39. The Kier molecular flexibility index (Phi) is 4.99. The maximum absolute atomic E-state index is 11.8. The van der Waals surface area contributed by atoms with Gasteiger partial charge in [-0.25, -0.2) is 0 Å². The summed E-state index contributed by atoms with van der Waals surface area (Å²) >= 11 is 2.22. The van der Waals surface area contributed by atoms with Gasteiger partial charge < -0.3 is 10.1 Å². The van der Waals surface area contributed by atoms with E-state index in [0.29, 0.717) is 19.1 Å². The van der Waals surface area contributed by atoms with Gasteiger partial charge in [0.25, 0.3) is 0 Å². The van der Waals surface area contributed by atoms with Crippen LogP contribution in [0.4, 0.5) is 0 Å². The van der Waals surface area contributed by atoms with Crippen molar-refractivity contribution in [1.82, 2.24) is 15.1 Å². The van der Waals surface area contributed by atoms with Gasteiger partial charge in [0.05, 0.1) is 16.4 Å². The van der Waals surface area contributed by atoms with Crippen molar-refractivity contribution in [3.63, 3.8) is 0 Å². The summed E-state index contributed by atoms with van der Waals surface area (Å²) in [4.78, 5) is 11.8. The molecule has 0 saturated heterocycles. The van der Waals surface area contributed by atoms with Gasteiger partial charge in [0.2, 0.25) is 0 Å². The molecule has 1 heterocycles. The maximum atomic E-state index is 11.8. The van der Waals surface area contributed by atoms with Gasteiger partial charge in [-0.2, -0.15) is 5.10 Å². The van der Waals surface area contributed by atoms with E-state index in [0.717, 1.165) is 23.0 Å². The SMILES string of the molecule is CCOC(=O)C(CCn1cc(I)cn1)NC1CC1. The van der Waals surface area contributed by atoms with Crippen molar-refractivity contribution in [2.45, 2.75) is 44.8 Å². The van der Waals surface area contributed by atoms with Crippen LogP contribution in [-0.2, 0) is 16.1 Å². The Morgan fingerprint density at radius 1 is 1.72 bits per heavy atom. The molecule has 6 heteroatoms. The van der Waals surface area contributed by atoms with Gasteiger partial charge in [0, 0.05) is 18.8 Å². The molecule has 100 valence electrons. The number of nitrogens with zero attached hydrogens (tertiary/aromatic N) is 2. The number of aromatic nitrogens is 2. The number of carbonyl (C=O) groups is 1. The predicted octanol–water partition coefficient (Wildman–Crippen LogP) is 1.56. The molecule has 1 aromatic heterocycles. The van der Waals surface area contributed by atoms with Gasteiger partial charge in [-0.3, -0.25) is 9.48 Å². The largest absolute Gasteiger partial charge is 0.465 e. The van der Waals surface area contributed by atoms with Crippen LogP contribution < -0.4 is 5.32 Å². The summed E-state index contributed by atoms with van der Waals surface area (Å²) in [5.41, 5.74) is 0. The number of halogens is 1.